The molecule has 0 aliphatic carbocycles. The number of rotatable bonds is 3. The van der Waals surface area contributed by atoms with Crippen molar-refractivity contribution in [3.05, 3.63) is 38.9 Å². The molecule has 114 valence electrons. The van der Waals surface area contributed by atoms with E-state index in [-0.39, 0.29) is 28.2 Å². The quantitative estimate of drug-likeness (QED) is 0.686. The zero-order valence-electron chi connectivity index (χ0n) is 11.8. The van der Waals surface area contributed by atoms with E-state index >= 15 is 0 Å². The molecular weight excluding hydrogens is 294 g/mol. The third-order valence-electron chi connectivity index (χ3n) is 3.90. The van der Waals surface area contributed by atoms with E-state index in [1.165, 1.54) is 18.2 Å². The van der Waals surface area contributed by atoms with E-state index in [1.54, 1.807) is 4.90 Å². The van der Waals surface area contributed by atoms with Gasteiger partial charge in [0.05, 0.1) is 4.92 Å². The van der Waals surface area contributed by atoms with Crippen LogP contribution in [-0.4, -0.2) is 34.9 Å². The molecule has 0 aromatic heterocycles. The molecule has 2 rings (SSSR count). The van der Waals surface area contributed by atoms with Gasteiger partial charge in [-0.1, -0.05) is 18.5 Å². The number of piperidine rings is 1. The van der Waals surface area contributed by atoms with E-state index in [9.17, 15) is 14.9 Å². The number of nitro groups is 1. The van der Waals surface area contributed by atoms with Crippen LogP contribution >= 0.6 is 11.6 Å². The number of benzene rings is 1. The Balaban J connectivity index is 2.33. The molecule has 1 aliphatic rings. The van der Waals surface area contributed by atoms with Gasteiger partial charge in [-0.15, -0.1) is 0 Å². The smallest absolute Gasteiger partial charge is 0.283 e. The third-order valence-corrected chi connectivity index (χ3v) is 4.13. The molecule has 1 fully saturated rings. The highest BCUT2D eigenvalue weighted by Gasteiger charge is 2.32. The zero-order chi connectivity index (χ0) is 15.6. The fraction of sp³-hybridized carbons (Fsp3) is 0.500. The van der Waals surface area contributed by atoms with Crippen molar-refractivity contribution in [2.75, 3.05) is 13.1 Å². The number of amides is 1. The highest BCUT2D eigenvalue weighted by Crippen LogP contribution is 2.28. The highest BCUT2D eigenvalue weighted by molar-refractivity contribution is 6.31. The van der Waals surface area contributed by atoms with Gasteiger partial charge in [0.15, 0.2) is 0 Å². The van der Waals surface area contributed by atoms with Crippen LogP contribution < -0.4 is 5.73 Å². The van der Waals surface area contributed by atoms with Crippen molar-refractivity contribution in [3.63, 3.8) is 0 Å². The lowest BCUT2D eigenvalue weighted by Crippen LogP contribution is -2.49. The van der Waals surface area contributed by atoms with Crippen molar-refractivity contribution in [2.24, 2.45) is 11.7 Å². The summed E-state index contributed by atoms with van der Waals surface area (Å²) in [7, 11) is 0. The van der Waals surface area contributed by atoms with Crippen LogP contribution in [0.3, 0.4) is 0 Å². The lowest BCUT2D eigenvalue weighted by Gasteiger charge is -2.37. The van der Waals surface area contributed by atoms with Crippen molar-refractivity contribution < 1.29 is 9.72 Å². The van der Waals surface area contributed by atoms with Crippen molar-refractivity contribution in [1.29, 1.82) is 0 Å². The van der Waals surface area contributed by atoms with E-state index in [4.69, 9.17) is 17.3 Å². The second-order valence-electron chi connectivity index (χ2n) is 5.44. The van der Waals surface area contributed by atoms with E-state index < -0.39 is 4.92 Å². The Kier molecular flexibility index (Phi) is 4.80. The molecule has 2 N–H and O–H groups in total. The molecule has 0 radical (unpaired) electrons. The van der Waals surface area contributed by atoms with Gasteiger partial charge in [0.2, 0.25) is 0 Å². The molecule has 7 heteroatoms. The maximum absolute atomic E-state index is 12.6. The Hall–Kier alpha value is -1.66. The summed E-state index contributed by atoms with van der Waals surface area (Å²) in [6.45, 7) is 3.05. The Labute approximate surface area is 128 Å². The SMILES string of the molecule is CC1CCN(C(=O)c2ccc(Cl)cc2[N+](=O)[O-])C(CN)C1. The zero-order valence-corrected chi connectivity index (χ0v) is 12.5. The second-order valence-corrected chi connectivity index (χ2v) is 5.87. The Morgan fingerprint density at radius 2 is 2.29 bits per heavy atom. The molecule has 1 aliphatic heterocycles. The minimum Gasteiger partial charge on any atom is -0.334 e. The van der Waals surface area contributed by atoms with Gasteiger partial charge in [0.25, 0.3) is 11.6 Å². The summed E-state index contributed by atoms with van der Waals surface area (Å²) in [5, 5.41) is 11.4. The molecule has 2 unspecified atom stereocenters. The van der Waals surface area contributed by atoms with E-state index in [0.29, 0.717) is 19.0 Å². The number of hydrogen-bond donors (Lipinski definition) is 1. The maximum Gasteiger partial charge on any atom is 0.283 e. The standard InChI is InChI=1S/C14H18ClN3O3/c1-9-4-5-17(11(6-9)8-16)14(19)12-3-2-10(15)7-13(12)18(20)21/h2-3,7,9,11H,4-6,8,16H2,1H3. The average Bonchev–Trinajstić information content (AvgIpc) is 2.46. The number of nitrogens with two attached hydrogens (primary N) is 1. The first kappa shape index (κ1) is 15.7. The first-order valence-electron chi connectivity index (χ1n) is 6.89. The van der Waals surface area contributed by atoms with Gasteiger partial charge in [-0.25, -0.2) is 0 Å². The molecule has 1 aromatic carbocycles. The molecule has 1 saturated heterocycles. The summed E-state index contributed by atoms with van der Waals surface area (Å²) in [5.41, 5.74) is 5.55. The molecule has 1 heterocycles. The van der Waals surface area contributed by atoms with Crippen molar-refractivity contribution >= 4 is 23.2 Å². The predicted molar refractivity (Wildman–Crippen MR) is 80.4 cm³/mol. The summed E-state index contributed by atoms with van der Waals surface area (Å²) in [4.78, 5) is 24.8. The van der Waals surface area contributed by atoms with Gasteiger partial charge in [-0.2, -0.15) is 0 Å². The van der Waals surface area contributed by atoms with Gasteiger partial charge < -0.3 is 10.6 Å². The number of carbonyl (C=O) groups is 1. The molecule has 1 aromatic rings. The van der Waals surface area contributed by atoms with Crippen LogP contribution in [0.2, 0.25) is 5.02 Å². The van der Waals surface area contributed by atoms with E-state index in [0.717, 1.165) is 12.8 Å². The van der Waals surface area contributed by atoms with Crippen molar-refractivity contribution in [1.82, 2.24) is 4.90 Å². The number of carbonyl (C=O) groups excluding carboxylic acids is 1. The molecule has 21 heavy (non-hydrogen) atoms. The molecule has 0 spiro atoms. The maximum atomic E-state index is 12.6. The van der Waals surface area contributed by atoms with Crippen LogP contribution in [0.5, 0.6) is 0 Å². The number of likely N-dealkylation sites (tertiary alicyclic amines) is 1. The molecule has 2 atom stereocenters. The number of hydrogen-bond acceptors (Lipinski definition) is 4. The first-order chi connectivity index (χ1) is 9.93. The molecular formula is C14H18ClN3O3. The minimum atomic E-state index is -0.580. The van der Waals surface area contributed by atoms with Crippen LogP contribution in [0.4, 0.5) is 5.69 Å². The fourth-order valence-electron chi connectivity index (χ4n) is 2.73. The second kappa shape index (κ2) is 6.41. The summed E-state index contributed by atoms with van der Waals surface area (Å²) >= 11 is 5.78. The Morgan fingerprint density at radius 3 is 2.90 bits per heavy atom. The van der Waals surface area contributed by atoms with Gasteiger partial charge in [-0.3, -0.25) is 14.9 Å². The number of nitrogens with zero attached hydrogens (tertiary/aromatic N) is 2. The van der Waals surface area contributed by atoms with E-state index in [2.05, 4.69) is 6.92 Å². The average molecular weight is 312 g/mol. The normalized spacial score (nSPS) is 22.1. The Bertz CT molecular complexity index is 564. The summed E-state index contributed by atoms with van der Waals surface area (Å²) < 4.78 is 0. The molecule has 0 bridgehead atoms. The Morgan fingerprint density at radius 1 is 1.57 bits per heavy atom. The van der Waals surface area contributed by atoms with Gasteiger partial charge >= 0.3 is 0 Å². The monoisotopic (exact) mass is 311 g/mol. The predicted octanol–water partition coefficient (Wildman–Crippen LogP) is 2.45. The largest absolute Gasteiger partial charge is 0.334 e. The number of halogens is 1. The van der Waals surface area contributed by atoms with Gasteiger partial charge in [0, 0.05) is 30.2 Å². The fourth-order valence-corrected chi connectivity index (χ4v) is 2.90. The summed E-state index contributed by atoms with van der Waals surface area (Å²) in [6, 6.07) is 4.04. The highest BCUT2D eigenvalue weighted by atomic mass is 35.5. The lowest BCUT2D eigenvalue weighted by atomic mass is 9.91. The first-order valence-corrected chi connectivity index (χ1v) is 7.26. The van der Waals surface area contributed by atoms with Gasteiger partial charge in [-0.05, 0) is 30.9 Å². The number of nitro benzene ring substituents is 1. The summed E-state index contributed by atoms with van der Waals surface area (Å²) in [5.74, 6) is 0.156. The summed E-state index contributed by atoms with van der Waals surface area (Å²) in [6.07, 6.45) is 1.70. The lowest BCUT2D eigenvalue weighted by molar-refractivity contribution is -0.385. The van der Waals surface area contributed by atoms with E-state index in [1.807, 2.05) is 0 Å². The van der Waals surface area contributed by atoms with Crippen LogP contribution in [0.25, 0.3) is 0 Å². The minimum absolute atomic E-state index is 0.0670. The molecule has 0 saturated carbocycles. The van der Waals surface area contributed by atoms with Crippen LogP contribution in [0, 0.1) is 16.0 Å². The van der Waals surface area contributed by atoms with Crippen LogP contribution in [0.1, 0.15) is 30.1 Å². The van der Waals surface area contributed by atoms with Crippen molar-refractivity contribution in [3.8, 4) is 0 Å². The third kappa shape index (κ3) is 3.33. The van der Waals surface area contributed by atoms with Gasteiger partial charge in [0.1, 0.15) is 5.56 Å². The topological polar surface area (TPSA) is 89.5 Å². The molecule has 6 nitrogen and oxygen atoms in total. The van der Waals surface area contributed by atoms with Crippen LogP contribution in [0.15, 0.2) is 18.2 Å². The van der Waals surface area contributed by atoms with Crippen molar-refractivity contribution in [2.45, 2.75) is 25.8 Å². The van der Waals surface area contributed by atoms with Crippen LogP contribution in [-0.2, 0) is 0 Å². The molecule has 1 amide bonds.